The van der Waals surface area contributed by atoms with Crippen LogP contribution in [0.5, 0.6) is 0 Å². The normalized spacial score (nSPS) is 10.7. The molecule has 0 spiro atoms. The number of halogens is 4. The molecule has 1 rings (SSSR count). The second-order valence-corrected chi connectivity index (χ2v) is 3.88. The van der Waals surface area contributed by atoms with Crippen LogP contribution in [0.1, 0.15) is 17.7 Å². The average Bonchev–Trinajstić information content (AvgIpc) is 2.15. The van der Waals surface area contributed by atoms with Gasteiger partial charge in [-0.25, -0.2) is 8.78 Å². The van der Waals surface area contributed by atoms with Gasteiger partial charge in [-0.3, -0.25) is 15.1 Å². The second-order valence-electron chi connectivity index (χ2n) is 2.52. The Morgan fingerprint density at radius 1 is 1.60 bits per heavy atom. The molecular weight excluding hydrogens is 342 g/mol. The van der Waals surface area contributed by atoms with E-state index in [2.05, 4.69) is 36.8 Å². The molecule has 82 valence electrons. The smallest absolute Gasteiger partial charge is 0.258 e. The Kier molecular flexibility index (Phi) is 4.09. The Morgan fingerprint density at radius 2 is 2.20 bits per heavy atom. The van der Waals surface area contributed by atoms with Crippen molar-refractivity contribution >= 4 is 37.5 Å². The van der Waals surface area contributed by atoms with E-state index in [1.807, 2.05) is 0 Å². The third-order valence-corrected chi connectivity index (χ3v) is 3.02. The molecule has 0 saturated heterocycles. The molecule has 0 aromatic carbocycles. The van der Waals surface area contributed by atoms with Gasteiger partial charge in [-0.2, -0.15) is 0 Å². The van der Waals surface area contributed by atoms with E-state index in [4.69, 9.17) is 0 Å². The SMILES string of the molecule is O=[N+]([O-])c1c(CBr)cnc(C(F)F)c1Br. The van der Waals surface area contributed by atoms with E-state index in [0.29, 0.717) is 0 Å². The molecular formula is C7H4Br2F2N2O2. The summed E-state index contributed by atoms with van der Waals surface area (Å²) < 4.78 is 24.5. The van der Waals surface area contributed by atoms with E-state index < -0.39 is 17.0 Å². The van der Waals surface area contributed by atoms with Crippen molar-refractivity contribution in [2.45, 2.75) is 11.8 Å². The van der Waals surface area contributed by atoms with Gasteiger partial charge >= 0.3 is 0 Å². The predicted molar refractivity (Wildman–Crippen MR) is 56.2 cm³/mol. The van der Waals surface area contributed by atoms with Crippen LogP contribution >= 0.6 is 31.9 Å². The van der Waals surface area contributed by atoms with Crippen molar-refractivity contribution < 1.29 is 13.7 Å². The van der Waals surface area contributed by atoms with E-state index in [-0.39, 0.29) is 21.1 Å². The summed E-state index contributed by atoms with van der Waals surface area (Å²) in [5.41, 5.74) is -0.750. The number of pyridine rings is 1. The lowest BCUT2D eigenvalue weighted by atomic mass is 10.2. The molecule has 0 aliphatic rings. The van der Waals surface area contributed by atoms with Gasteiger partial charge in [0.1, 0.15) is 10.2 Å². The van der Waals surface area contributed by atoms with Crippen LogP contribution in [0.3, 0.4) is 0 Å². The molecule has 8 heteroatoms. The van der Waals surface area contributed by atoms with Crippen molar-refractivity contribution in [3.8, 4) is 0 Å². The number of rotatable bonds is 3. The molecule has 0 saturated carbocycles. The molecule has 0 atom stereocenters. The van der Waals surface area contributed by atoms with Gasteiger partial charge in [0.25, 0.3) is 12.1 Å². The van der Waals surface area contributed by atoms with E-state index in [1.165, 1.54) is 0 Å². The number of nitro groups is 1. The first kappa shape index (κ1) is 12.4. The van der Waals surface area contributed by atoms with Crippen LogP contribution in [0.4, 0.5) is 14.5 Å². The fraction of sp³-hybridized carbons (Fsp3) is 0.286. The first-order chi connectivity index (χ1) is 6.99. The fourth-order valence-electron chi connectivity index (χ4n) is 0.975. The standard InChI is InChI=1S/C7H4Br2F2N2O2/c8-1-3-2-12-5(7(10)11)4(9)6(3)13(14)15/h2,7H,1H2. The third-order valence-electron chi connectivity index (χ3n) is 1.63. The summed E-state index contributed by atoms with van der Waals surface area (Å²) >= 11 is 5.79. The van der Waals surface area contributed by atoms with Gasteiger partial charge in [0.05, 0.1) is 10.5 Å². The van der Waals surface area contributed by atoms with Crippen molar-refractivity contribution in [2.75, 3.05) is 0 Å². The average molecular weight is 346 g/mol. The lowest BCUT2D eigenvalue weighted by molar-refractivity contribution is -0.386. The maximum Gasteiger partial charge on any atom is 0.291 e. The van der Waals surface area contributed by atoms with Crippen LogP contribution in [0.25, 0.3) is 0 Å². The second kappa shape index (κ2) is 4.93. The highest BCUT2D eigenvalue weighted by Crippen LogP contribution is 2.35. The maximum atomic E-state index is 12.4. The first-order valence-corrected chi connectivity index (χ1v) is 5.56. The van der Waals surface area contributed by atoms with Crippen LogP contribution in [0.2, 0.25) is 0 Å². The van der Waals surface area contributed by atoms with Crippen LogP contribution in [0, 0.1) is 10.1 Å². The molecule has 0 unspecified atom stereocenters. The Labute approximate surface area is 100 Å². The zero-order valence-corrected chi connectivity index (χ0v) is 10.3. The largest absolute Gasteiger partial charge is 0.291 e. The van der Waals surface area contributed by atoms with Gasteiger partial charge in [0, 0.05) is 11.5 Å². The third kappa shape index (κ3) is 2.49. The molecule has 0 bridgehead atoms. The van der Waals surface area contributed by atoms with Gasteiger partial charge in [0.15, 0.2) is 0 Å². The first-order valence-electron chi connectivity index (χ1n) is 3.64. The van der Waals surface area contributed by atoms with Crippen LogP contribution in [0.15, 0.2) is 10.7 Å². The molecule has 0 amide bonds. The fourth-order valence-corrected chi connectivity index (χ4v) is 2.06. The summed E-state index contributed by atoms with van der Waals surface area (Å²) in [5, 5.41) is 10.8. The quantitative estimate of drug-likeness (QED) is 0.478. The number of aromatic nitrogens is 1. The van der Waals surface area contributed by atoms with Crippen molar-refractivity contribution in [3.05, 3.63) is 32.0 Å². The highest BCUT2D eigenvalue weighted by atomic mass is 79.9. The van der Waals surface area contributed by atoms with E-state index in [0.717, 1.165) is 6.20 Å². The molecule has 1 heterocycles. The molecule has 4 nitrogen and oxygen atoms in total. The number of nitrogens with zero attached hydrogens (tertiary/aromatic N) is 2. The highest BCUT2D eigenvalue weighted by Gasteiger charge is 2.25. The van der Waals surface area contributed by atoms with Crippen LogP contribution in [-0.2, 0) is 5.33 Å². The number of alkyl halides is 3. The van der Waals surface area contributed by atoms with Gasteiger partial charge in [0.2, 0.25) is 0 Å². The van der Waals surface area contributed by atoms with Crippen molar-refractivity contribution in [3.63, 3.8) is 0 Å². The van der Waals surface area contributed by atoms with E-state index in [9.17, 15) is 18.9 Å². The zero-order chi connectivity index (χ0) is 11.6. The topological polar surface area (TPSA) is 56.0 Å². The summed E-state index contributed by atoms with van der Waals surface area (Å²) in [6.07, 6.45) is -1.78. The molecule has 0 radical (unpaired) electrons. The molecule has 0 fully saturated rings. The van der Waals surface area contributed by atoms with Crippen LogP contribution < -0.4 is 0 Å². The van der Waals surface area contributed by atoms with E-state index >= 15 is 0 Å². The van der Waals surface area contributed by atoms with Gasteiger partial charge < -0.3 is 0 Å². The molecule has 0 N–H and O–H groups in total. The molecule has 0 aliphatic heterocycles. The van der Waals surface area contributed by atoms with Gasteiger partial charge in [-0.05, 0) is 15.9 Å². The predicted octanol–water partition coefficient (Wildman–Crippen LogP) is 3.58. The van der Waals surface area contributed by atoms with Crippen molar-refractivity contribution in [1.82, 2.24) is 4.98 Å². The minimum atomic E-state index is -2.84. The Morgan fingerprint density at radius 3 is 2.60 bits per heavy atom. The summed E-state index contributed by atoms with van der Waals surface area (Å²) in [5.74, 6) is 0. The Balaban J connectivity index is 3.42. The molecule has 1 aromatic rings. The summed E-state index contributed by atoms with van der Waals surface area (Å²) in [7, 11) is 0. The number of hydrogen-bond acceptors (Lipinski definition) is 3. The molecule has 0 aliphatic carbocycles. The Hall–Kier alpha value is -0.630. The monoisotopic (exact) mass is 344 g/mol. The van der Waals surface area contributed by atoms with E-state index in [1.54, 1.807) is 0 Å². The maximum absolute atomic E-state index is 12.4. The Bertz CT molecular complexity index is 401. The minimum absolute atomic E-state index is 0.179. The summed E-state index contributed by atoms with van der Waals surface area (Å²) in [6, 6.07) is 0. The molecule has 1 aromatic heterocycles. The summed E-state index contributed by atoms with van der Waals surface area (Å²) in [6.45, 7) is 0. The van der Waals surface area contributed by atoms with Gasteiger partial charge in [-0.15, -0.1) is 0 Å². The number of hydrogen-bond donors (Lipinski definition) is 0. The van der Waals surface area contributed by atoms with Gasteiger partial charge in [-0.1, -0.05) is 15.9 Å². The highest BCUT2D eigenvalue weighted by molar-refractivity contribution is 9.10. The summed E-state index contributed by atoms with van der Waals surface area (Å²) in [4.78, 5) is 13.4. The van der Waals surface area contributed by atoms with Crippen molar-refractivity contribution in [1.29, 1.82) is 0 Å². The lowest BCUT2D eigenvalue weighted by Crippen LogP contribution is -2.01. The zero-order valence-electron chi connectivity index (χ0n) is 7.08. The minimum Gasteiger partial charge on any atom is -0.258 e. The lowest BCUT2D eigenvalue weighted by Gasteiger charge is -2.05. The van der Waals surface area contributed by atoms with Crippen molar-refractivity contribution in [2.24, 2.45) is 0 Å². The molecule has 15 heavy (non-hydrogen) atoms. The van der Waals surface area contributed by atoms with Crippen LogP contribution in [-0.4, -0.2) is 9.91 Å².